The zero-order chi connectivity index (χ0) is 16.3. The lowest BCUT2D eigenvalue weighted by Crippen LogP contribution is -2.47. The molecular formula is C17H22N2O4. The van der Waals surface area contributed by atoms with Gasteiger partial charge < -0.3 is 19.7 Å². The molecular weight excluding hydrogens is 296 g/mol. The normalized spacial score (nSPS) is 19.1. The summed E-state index contributed by atoms with van der Waals surface area (Å²) in [5.74, 6) is 0.311. The number of para-hydroxylation sites is 2. The Hall–Kier alpha value is -2.08. The van der Waals surface area contributed by atoms with E-state index in [2.05, 4.69) is 5.32 Å². The maximum absolute atomic E-state index is 12.7. The smallest absolute Gasteiger partial charge is 0.240 e. The van der Waals surface area contributed by atoms with E-state index in [1.54, 1.807) is 11.0 Å². The second-order valence-electron chi connectivity index (χ2n) is 5.87. The summed E-state index contributed by atoms with van der Waals surface area (Å²) in [5, 5.41) is 2.88. The highest BCUT2D eigenvalue weighted by atomic mass is 16.5. The number of hydrogen-bond acceptors (Lipinski definition) is 4. The van der Waals surface area contributed by atoms with E-state index < -0.39 is 5.41 Å². The Kier molecular flexibility index (Phi) is 4.52. The first-order valence-electron chi connectivity index (χ1n) is 8.08. The van der Waals surface area contributed by atoms with Gasteiger partial charge in [-0.05, 0) is 31.9 Å². The van der Waals surface area contributed by atoms with Gasteiger partial charge in [0.2, 0.25) is 11.8 Å². The number of nitrogens with zero attached hydrogens (tertiary/aromatic N) is 1. The lowest BCUT2D eigenvalue weighted by molar-refractivity contribution is -0.145. The van der Waals surface area contributed by atoms with Gasteiger partial charge in [-0.3, -0.25) is 9.59 Å². The molecule has 0 atom stereocenters. The molecule has 1 saturated carbocycles. The highest BCUT2D eigenvalue weighted by Crippen LogP contribution is 2.48. The number of carbonyl (C=O) groups excluding carboxylic acids is 2. The number of carbonyl (C=O) groups is 2. The average molecular weight is 318 g/mol. The minimum absolute atomic E-state index is 0.0767. The molecule has 1 aliphatic heterocycles. The van der Waals surface area contributed by atoms with Crippen molar-refractivity contribution < 1.29 is 19.1 Å². The molecule has 0 aromatic heterocycles. The number of morpholine rings is 1. The predicted octanol–water partition coefficient (Wildman–Crippen LogP) is 1.66. The molecule has 0 spiro atoms. The van der Waals surface area contributed by atoms with Gasteiger partial charge in [-0.25, -0.2) is 0 Å². The third kappa shape index (κ3) is 3.17. The van der Waals surface area contributed by atoms with Crippen LogP contribution in [0.5, 0.6) is 5.75 Å². The third-order valence-electron chi connectivity index (χ3n) is 4.33. The van der Waals surface area contributed by atoms with E-state index in [-0.39, 0.29) is 11.8 Å². The van der Waals surface area contributed by atoms with E-state index in [0.717, 1.165) is 0 Å². The molecule has 2 fully saturated rings. The van der Waals surface area contributed by atoms with Crippen LogP contribution in [0, 0.1) is 5.41 Å². The van der Waals surface area contributed by atoms with Gasteiger partial charge >= 0.3 is 0 Å². The van der Waals surface area contributed by atoms with Gasteiger partial charge in [0.05, 0.1) is 25.5 Å². The van der Waals surface area contributed by atoms with Crippen LogP contribution in [0.4, 0.5) is 5.69 Å². The van der Waals surface area contributed by atoms with Gasteiger partial charge in [0.1, 0.15) is 11.2 Å². The maximum atomic E-state index is 12.7. The molecule has 1 aromatic rings. The lowest BCUT2D eigenvalue weighted by atomic mass is 10.0. The van der Waals surface area contributed by atoms with Crippen molar-refractivity contribution in [2.24, 2.45) is 5.41 Å². The number of hydrogen-bond donors (Lipinski definition) is 1. The molecule has 1 saturated heterocycles. The van der Waals surface area contributed by atoms with Gasteiger partial charge in [-0.1, -0.05) is 12.1 Å². The van der Waals surface area contributed by atoms with E-state index >= 15 is 0 Å². The first kappa shape index (κ1) is 15.8. The van der Waals surface area contributed by atoms with E-state index in [1.807, 2.05) is 25.1 Å². The first-order chi connectivity index (χ1) is 11.2. The summed E-state index contributed by atoms with van der Waals surface area (Å²) in [5.41, 5.74) is -0.295. The SMILES string of the molecule is CCOc1ccccc1NC(=O)C1(C(=O)N2CCOCC2)CC1. The standard InChI is InChI=1S/C17H22N2O4/c1-2-23-14-6-4-3-5-13(14)18-15(20)17(7-8-17)16(21)19-9-11-22-12-10-19/h3-6H,2,7-12H2,1H3,(H,18,20). The number of ether oxygens (including phenoxy) is 2. The number of anilines is 1. The van der Waals surface area contributed by atoms with Crippen LogP contribution < -0.4 is 10.1 Å². The van der Waals surface area contributed by atoms with Crippen LogP contribution in [0.2, 0.25) is 0 Å². The van der Waals surface area contributed by atoms with Crippen molar-refractivity contribution >= 4 is 17.5 Å². The van der Waals surface area contributed by atoms with Crippen LogP contribution >= 0.6 is 0 Å². The highest BCUT2D eigenvalue weighted by molar-refractivity contribution is 6.13. The van der Waals surface area contributed by atoms with Gasteiger partial charge in [0, 0.05) is 13.1 Å². The molecule has 6 heteroatoms. The Morgan fingerprint density at radius 2 is 1.96 bits per heavy atom. The Balaban J connectivity index is 1.71. The minimum Gasteiger partial charge on any atom is -0.492 e. The van der Waals surface area contributed by atoms with Gasteiger partial charge in [-0.2, -0.15) is 0 Å². The molecule has 0 unspecified atom stereocenters. The number of rotatable bonds is 5. The van der Waals surface area contributed by atoms with E-state index in [0.29, 0.717) is 57.2 Å². The molecule has 0 bridgehead atoms. The minimum atomic E-state index is -0.906. The van der Waals surface area contributed by atoms with Crippen LogP contribution in [0.25, 0.3) is 0 Å². The first-order valence-corrected chi connectivity index (χ1v) is 8.08. The summed E-state index contributed by atoms with van der Waals surface area (Å²) in [6, 6.07) is 7.29. The molecule has 124 valence electrons. The van der Waals surface area contributed by atoms with Crippen molar-refractivity contribution in [2.45, 2.75) is 19.8 Å². The summed E-state index contributed by atoms with van der Waals surface area (Å²) >= 11 is 0. The van der Waals surface area contributed by atoms with Crippen molar-refractivity contribution in [1.82, 2.24) is 4.90 Å². The molecule has 3 rings (SSSR count). The fourth-order valence-electron chi connectivity index (χ4n) is 2.83. The summed E-state index contributed by atoms with van der Waals surface area (Å²) < 4.78 is 10.8. The molecule has 6 nitrogen and oxygen atoms in total. The van der Waals surface area contributed by atoms with Crippen LogP contribution in [0.15, 0.2) is 24.3 Å². The predicted molar refractivity (Wildman–Crippen MR) is 85.3 cm³/mol. The Bertz CT molecular complexity index is 592. The summed E-state index contributed by atoms with van der Waals surface area (Å²) in [4.78, 5) is 27.1. The Morgan fingerprint density at radius 3 is 2.61 bits per heavy atom. The van der Waals surface area contributed by atoms with Gasteiger partial charge in [-0.15, -0.1) is 0 Å². The second-order valence-corrected chi connectivity index (χ2v) is 5.87. The second kappa shape index (κ2) is 6.58. The van der Waals surface area contributed by atoms with E-state index in [1.165, 1.54) is 0 Å². The maximum Gasteiger partial charge on any atom is 0.240 e. The summed E-state index contributed by atoms with van der Waals surface area (Å²) in [6.07, 6.45) is 1.21. The quantitative estimate of drug-likeness (QED) is 0.839. The highest BCUT2D eigenvalue weighted by Gasteiger charge is 2.58. The molecule has 0 radical (unpaired) electrons. The fourth-order valence-corrected chi connectivity index (χ4v) is 2.83. The van der Waals surface area contributed by atoms with Gasteiger partial charge in [0.25, 0.3) is 0 Å². The van der Waals surface area contributed by atoms with Crippen molar-refractivity contribution in [1.29, 1.82) is 0 Å². The molecule has 1 N–H and O–H groups in total. The Labute approximate surface area is 135 Å². The molecule has 1 aromatic carbocycles. The van der Waals surface area contributed by atoms with E-state index in [9.17, 15) is 9.59 Å². The topological polar surface area (TPSA) is 67.9 Å². The zero-order valence-electron chi connectivity index (χ0n) is 13.3. The van der Waals surface area contributed by atoms with Crippen LogP contribution in [-0.2, 0) is 14.3 Å². The van der Waals surface area contributed by atoms with Crippen LogP contribution in [0.3, 0.4) is 0 Å². The van der Waals surface area contributed by atoms with Crippen LogP contribution in [0.1, 0.15) is 19.8 Å². The lowest BCUT2D eigenvalue weighted by Gasteiger charge is -2.30. The van der Waals surface area contributed by atoms with E-state index in [4.69, 9.17) is 9.47 Å². The van der Waals surface area contributed by atoms with Crippen LogP contribution in [-0.4, -0.2) is 49.6 Å². The van der Waals surface area contributed by atoms with Crippen molar-refractivity contribution in [3.63, 3.8) is 0 Å². The summed E-state index contributed by atoms with van der Waals surface area (Å²) in [7, 11) is 0. The summed E-state index contributed by atoms with van der Waals surface area (Å²) in [6.45, 7) is 4.60. The van der Waals surface area contributed by atoms with Crippen molar-refractivity contribution in [3.8, 4) is 5.75 Å². The largest absolute Gasteiger partial charge is 0.492 e. The molecule has 1 aliphatic carbocycles. The molecule has 2 amide bonds. The average Bonchev–Trinajstić information content (AvgIpc) is 3.39. The number of benzene rings is 1. The van der Waals surface area contributed by atoms with Gasteiger partial charge in [0.15, 0.2) is 0 Å². The zero-order valence-corrected chi connectivity index (χ0v) is 13.3. The third-order valence-corrected chi connectivity index (χ3v) is 4.33. The fraction of sp³-hybridized carbons (Fsp3) is 0.529. The van der Waals surface area contributed by atoms with Crippen molar-refractivity contribution in [3.05, 3.63) is 24.3 Å². The molecule has 2 aliphatic rings. The monoisotopic (exact) mass is 318 g/mol. The van der Waals surface area contributed by atoms with Crippen molar-refractivity contribution in [2.75, 3.05) is 38.2 Å². The number of amides is 2. The number of nitrogens with one attached hydrogen (secondary N) is 1. The molecule has 1 heterocycles. The molecule has 23 heavy (non-hydrogen) atoms. The Morgan fingerprint density at radius 1 is 1.26 bits per heavy atom.